The van der Waals surface area contributed by atoms with Gasteiger partial charge in [0.05, 0.1) is 6.26 Å². The second kappa shape index (κ2) is 4.75. The number of nitrogens with zero attached hydrogens (tertiary/aromatic N) is 1. The fraction of sp³-hybridized carbons (Fsp3) is 0.154. The minimum atomic E-state index is -3.50. The summed E-state index contributed by atoms with van der Waals surface area (Å²) in [5, 5.41) is 4.55. The van der Waals surface area contributed by atoms with E-state index in [2.05, 4.69) is 21.1 Å². The Bertz CT molecular complexity index is 879. The molecular formula is C13H10BrNO4S. The normalized spacial score (nSPS) is 12.1. The van der Waals surface area contributed by atoms with Crippen molar-refractivity contribution >= 4 is 36.7 Å². The summed E-state index contributed by atoms with van der Waals surface area (Å²) in [5.74, 6) is 0.155. The van der Waals surface area contributed by atoms with E-state index in [1.165, 1.54) is 12.3 Å². The molecule has 3 aromatic rings. The molecule has 20 heavy (non-hydrogen) atoms. The van der Waals surface area contributed by atoms with Crippen LogP contribution in [0.15, 0.2) is 48.8 Å². The standard InChI is InChI=1S/C13H10BrNO4S/c1-8-13(4-5-18-8)20(16,17)7-11-10-3-2-9(14)6-12(10)19-15-11/h2-6H,7H2,1H3. The van der Waals surface area contributed by atoms with Gasteiger partial charge in [-0.3, -0.25) is 0 Å². The van der Waals surface area contributed by atoms with Crippen LogP contribution in [0.25, 0.3) is 11.0 Å². The maximum absolute atomic E-state index is 12.3. The average molecular weight is 356 g/mol. The molecule has 0 saturated carbocycles. The van der Waals surface area contributed by atoms with E-state index in [0.717, 1.165) is 4.47 Å². The molecule has 0 aliphatic heterocycles. The monoisotopic (exact) mass is 355 g/mol. The van der Waals surface area contributed by atoms with E-state index in [9.17, 15) is 8.42 Å². The lowest BCUT2D eigenvalue weighted by Gasteiger charge is -2.00. The quantitative estimate of drug-likeness (QED) is 0.719. The second-order valence-corrected chi connectivity index (χ2v) is 7.24. The van der Waals surface area contributed by atoms with Crippen LogP contribution >= 0.6 is 15.9 Å². The number of hydrogen-bond acceptors (Lipinski definition) is 5. The maximum atomic E-state index is 12.3. The first-order chi connectivity index (χ1) is 9.47. The summed E-state index contributed by atoms with van der Waals surface area (Å²) in [6, 6.07) is 6.80. The van der Waals surface area contributed by atoms with E-state index >= 15 is 0 Å². The molecule has 2 heterocycles. The van der Waals surface area contributed by atoms with E-state index in [-0.39, 0.29) is 10.6 Å². The summed E-state index contributed by atoms with van der Waals surface area (Å²) in [6.45, 7) is 1.62. The third-order valence-corrected chi connectivity index (χ3v) is 5.22. The summed E-state index contributed by atoms with van der Waals surface area (Å²) in [7, 11) is -3.50. The van der Waals surface area contributed by atoms with Crippen molar-refractivity contribution in [1.29, 1.82) is 0 Å². The van der Waals surface area contributed by atoms with Gasteiger partial charge in [-0.1, -0.05) is 21.1 Å². The van der Waals surface area contributed by atoms with Crippen molar-refractivity contribution in [3.05, 3.63) is 46.5 Å². The van der Waals surface area contributed by atoms with E-state index in [0.29, 0.717) is 22.4 Å². The summed E-state index contributed by atoms with van der Waals surface area (Å²) in [4.78, 5) is 0.186. The highest BCUT2D eigenvalue weighted by atomic mass is 79.9. The Morgan fingerprint density at radius 2 is 2.10 bits per heavy atom. The van der Waals surface area contributed by atoms with Crippen molar-refractivity contribution in [2.24, 2.45) is 0 Å². The molecule has 0 bridgehead atoms. The topological polar surface area (TPSA) is 73.3 Å². The first-order valence-electron chi connectivity index (χ1n) is 5.78. The van der Waals surface area contributed by atoms with Gasteiger partial charge in [-0.25, -0.2) is 8.42 Å². The van der Waals surface area contributed by atoms with Crippen LogP contribution in [0.1, 0.15) is 11.5 Å². The Hall–Kier alpha value is -1.60. The molecule has 0 N–H and O–H groups in total. The van der Waals surface area contributed by atoms with E-state index in [4.69, 9.17) is 8.94 Å². The molecule has 5 nitrogen and oxygen atoms in total. The molecule has 1 aromatic carbocycles. The van der Waals surface area contributed by atoms with Crippen molar-refractivity contribution in [3.63, 3.8) is 0 Å². The highest BCUT2D eigenvalue weighted by molar-refractivity contribution is 9.10. The smallest absolute Gasteiger partial charge is 0.187 e. The largest absolute Gasteiger partial charge is 0.468 e. The van der Waals surface area contributed by atoms with Crippen LogP contribution in [0.5, 0.6) is 0 Å². The number of hydrogen-bond donors (Lipinski definition) is 0. The molecule has 0 aliphatic rings. The molecule has 0 spiro atoms. The van der Waals surface area contributed by atoms with Gasteiger partial charge < -0.3 is 8.94 Å². The molecule has 0 amide bonds. The van der Waals surface area contributed by atoms with Gasteiger partial charge in [-0.05, 0) is 31.2 Å². The Balaban J connectivity index is 2.04. The third-order valence-electron chi connectivity index (χ3n) is 2.98. The van der Waals surface area contributed by atoms with Gasteiger partial charge >= 0.3 is 0 Å². The molecule has 0 fully saturated rings. The first-order valence-corrected chi connectivity index (χ1v) is 8.22. The zero-order valence-corrected chi connectivity index (χ0v) is 12.9. The number of benzene rings is 1. The van der Waals surface area contributed by atoms with Crippen molar-refractivity contribution in [3.8, 4) is 0 Å². The SMILES string of the molecule is Cc1occc1S(=O)(=O)Cc1noc2cc(Br)ccc12. The second-order valence-electron chi connectivity index (χ2n) is 4.37. The van der Waals surface area contributed by atoms with Crippen molar-refractivity contribution in [2.75, 3.05) is 0 Å². The fourth-order valence-corrected chi connectivity index (χ4v) is 3.83. The van der Waals surface area contributed by atoms with E-state index in [1.54, 1.807) is 19.1 Å². The molecule has 0 unspecified atom stereocenters. The van der Waals surface area contributed by atoms with Gasteiger partial charge in [0.15, 0.2) is 15.4 Å². The predicted molar refractivity (Wildman–Crippen MR) is 76.0 cm³/mol. The van der Waals surface area contributed by atoms with Gasteiger partial charge in [0, 0.05) is 9.86 Å². The van der Waals surface area contributed by atoms with Gasteiger partial charge in [0.25, 0.3) is 0 Å². The maximum Gasteiger partial charge on any atom is 0.187 e. The first kappa shape index (κ1) is 13.4. The molecule has 0 saturated heterocycles. The summed E-state index contributed by atoms with van der Waals surface area (Å²) >= 11 is 3.33. The van der Waals surface area contributed by atoms with Crippen LogP contribution in [0, 0.1) is 6.92 Å². The predicted octanol–water partition coefficient (Wildman–Crippen LogP) is 3.47. The number of aryl methyl sites for hydroxylation is 1. The van der Waals surface area contributed by atoms with E-state index in [1.807, 2.05) is 6.07 Å². The van der Waals surface area contributed by atoms with Gasteiger partial charge in [-0.2, -0.15) is 0 Å². The van der Waals surface area contributed by atoms with Crippen molar-refractivity contribution in [1.82, 2.24) is 5.16 Å². The summed E-state index contributed by atoms with van der Waals surface area (Å²) < 4.78 is 35.7. The van der Waals surface area contributed by atoms with Gasteiger partial charge in [-0.15, -0.1) is 0 Å². The lowest BCUT2D eigenvalue weighted by molar-refractivity contribution is 0.448. The Morgan fingerprint density at radius 1 is 1.30 bits per heavy atom. The van der Waals surface area contributed by atoms with Crippen molar-refractivity contribution in [2.45, 2.75) is 17.6 Å². The molecule has 0 radical (unpaired) electrons. The molecule has 0 atom stereocenters. The zero-order chi connectivity index (χ0) is 14.3. The van der Waals surface area contributed by atoms with Crippen LogP contribution in [0.3, 0.4) is 0 Å². The van der Waals surface area contributed by atoms with Crippen LogP contribution < -0.4 is 0 Å². The van der Waals surface area contributed by atoms with Crippen LogP contribution in [0.2, 0.25) is 0 Å². The minimum absolute atomic E-state index is 0.186. The van der Waals surface area contributed by atoms with E-state index < -0.39 is 9.84 Å². The number of halogens is 1. The number of sulfone groups is 1. The molecule has 7 heteroatoms. The minimum Gasteiger partial charge on any atom is -0.468 e. The number of aromatic nitrogens is 1. The van der Waals surface area contributed by atoms with Crippen molar-refractivity contribution < 1.29 is 17.4 Å². The molecule has 3 rings (SSSR count). The highest BCUT2D eigenvalue weighted by Gasteiger charge is 2.23. The number of fused-ring (bicyclic) bond motifs is 1. The molecule has 0 aliphatic carbocycles. The lowest BCUT2D eigenvalue weighted by atomic mass is 10.2. The summed E-state index contributed by atoms with van der Waals surface area (Å²) in [5.41, 5.74) is 0.946. The van der Waals surface area contributed by atoms with Crippen LogP contribution in [-0.4, -0.2) is 13.6 Å². The Kier molecular flexibility index (Phi) is 3.18. The van der Waals surface area contributed by atoms with Gasteiger partial charge in [0.1, 0.15) is 22.1 Å². The Morgan fingerprint density at radius 3 is 2.80 bits per heavy atom. The van der Waals surface area contributed by atoms with Crippen LogP contribution in [-0.2, 0) is 15.6 Å². The average Bonchev–Trinajstić information content (AvgIpc) is 2.96. The Labute approximate surface area is 123 Å². The fourth-order valence-electron chi connectivity index (χ4n) is 2.02. The summed E-state index contributed by atoms with van der Waals surface area (Å²) in [6.07, 6.45) is 1.36. The zero-order valence-electron chi connectivity index (χ0n) is 10.5. The number of furan rings is 1. The lowest BCUT2D eigenvalue weighted by Crippen LogP contribution is -2.05. The molecule has 104 valence electrons. The third kappa shape index (κ3) is 2.27. The van der Waals surface area contributed by atoms with Crippen LogP contribution in [0.4, 0.5) is 0 Å². The molecule has 2 aromatic heterocycles. The van der Waals surface area contributed by atoms with Gasteiger partial charge in [0.2, 0.25) is 0 Å². The molecular weight excluding hydrogens is 346 g/mol. The highest BCUT2D eigenvalue weighted by Crippen LogP contribution is 2.26. The number of rotatable bonds is 3.